The van der Waals surface area contributed by atoms with E-state index in [2.05, 4.69) is 11.6 Å². The third-order valence-corrected chi connectivity index (χ3v) is 4.62. The number of amides is 1. The van der Waals surface area contributed by atoms with Crippen molar-refractivity contribution >= 4 is 11.9 Å². The van der Waals surface area contributed by atoms with Crippen LogP contribution in [0, 0.1) is 0 Å². The number of halogens is 3. The van der Waals surface area contributed by atoms with Crippen molar-refractivity contribution in [2.24, 2.45) is 0 Å². The third kappa shape index (κ3) is 5.43. The highest BCUT2D eigenvalue weighted by Gasteiger charge is 2.32. The predicted molar refractivity (Wildman–Crippen MR) is 105 cm³/mol. The van der Waals surface area contributed by atoms with E-state index in [0.29, 0.717) is 38.5 Å². The second-order valence-electron chi connectivity index (χ2n) is 6.64. The highest BCUT2D eigenvalue weighted by molar-refractivity contribution is 5.68. The van der Waals surface area contributed by atoms with E-state index in [0.717, 1.165) is 23.9 Å². The van der Waals surface area contributed by atoms with Crippen molar-refractivity contribution in [1.82, 2.24) is 9.88 Å². The Hall–Kier alpha value is -3.23. The maximum Gasteiger partial charge on any atom is 0.416 e. The Balaban J connectivity index is 1.53. The molecule has 0 aliphatic carbocycles. The number of pyridine rings is 1. The second kappa shape index (κ2) is 9.51. The number of hydrogen-bond acceptors (Lipinski definition) is 5. The number of piperazine rings is 1. The van der Waals surface area contributed by atoms with E-state index in [1.165, 1.54) is 4.90 Å². The molecule has 1 aromatic heterocycles. The minimum Gasteiger partial charge on any atom is -0.489 e. The van der Waals surface area contributed by atoms with Crippen molar-refractivity contribution in [2.75, 3.05) is 37.7 Å². The summed E-state index contributed by atoms with van der Waals surface area (Å²) in [5.74, 6) is 0.858. The summed E-state index contributed by atoms with van der Waals surface area (Å²) in [6, 6.07) is 9.20. The lowest BCUT2D eigenvalue weighted by atomic mass is 10.2. The maximum atomic E-state index is 12.9. The molecule has 2 aromatic rings. The van der Waals surface area contributed by atoms with Gasteiger partial charge in [-0.25, -0.2) is 9.78 Å². The minimum atomic E-state index is -4.42. The number of para-hydroxylation sites is 1. The molecule has 1 aliphatic heterocycles. The molecule has 0 N–H and O–H groups in total. The van der Waals surface area contributed by atoms with Gasteiger partial charge >= 0.3 is 12.3 Å². The van der Waals surface area contributed by atoms with Gasteiger partial charge in [0.2, 0.25) is 0 Å². The molecule has 3 rings (SSSR count). The maximum absolute atomic E-state index is 12.9. The molecule has 0 atom stereocenters. The van der Waals surface area contributed by atoms with Gasteiger partial charge in [0.25, 0.3) is 0 Å². The Labute approximate surface area is 172 Å². The van der Waals surface area contributed by atoms with Crippen LogP contribution in [-0.4, -0.2) is 48.8 Å². The van der Waals surface area contributed by atoms with Crippen molar-refractivity contribution in [2.45, 2.75) is 12.8 Å². The second-order valence-corrected chi connectivity index (χ2v) is 6.64. The highest BCUT2D eigenvalue weighted by Crippen LogP contribution is 2.31. The first-order valence-electron chi connectivity index (χ1n) is 9.40. The van der Waals surface area contributed by atoms with Crippen molar-refractivity contribution in [3.05, 3.63) is 66.4 Å². The van der Waals surface area contributed by atoms with Crippen LogP contribution < -0.4 is 9.64 Å². The summed E-state index contributed by atoms with van der Waals surface area (Å²) in [4.78, 5) is 19.7. The Morgan fingerprint density at radius 1 is 1.17 bits per heavy atom. The zero-order chi connectivity index (χ0) is 21.6. The Bertz CT molecular complexity index is 881. The summed E-state index contributed by atoms with van der Waals surface area (Å²) in [7, 11) is 0. The number of alkyl halides is 3. The van der Waals surface area contributed by atoms with Gasteiger partial charge in [-0.05, 0) is 18.2 Å². The van der Waals surface area contributed by atoms with Crippen molar-refractivity contribution < 1.29 is 27.4 Å². The summed E-state index contributed by atoms with van der Waals surface area (Å²) in [6.07, 6.45) is -2.13. The van der Waals surface area contributed by atoms with E-state index in [4.69, 9.17) is 9.47 Å². The average Bonchev–Trinajstić information content (AvgIpc) is 2.76. The first-order valence-corrected chi connectivity index (χ1v) is 9.40. The fourth-order valence-corrected chi connectivity index (χ4v) is 3.03. The van der Waals surface area contributed by atoms with Crippen LogP contribution in [0.3, 0.4) is 0 Å². The van der Waals surface area contributed by atoms with E-state index < -0.39 is 17.8 Å². The topological polar surface area (TPSA) is 54.9 Å². The molecular formula is C21H22F3N3O3. The molecule has 2 heterocycles. The van der Waals surface area contributed by atoms with Crippen LogP contribution in [0.25, 0.3) is 0 Å². The van der Waals surface area contributed by atoms with Gasteiger partial charge in [0.1, 0.15) is 24.8 Å². The molecule has 1 saturated heterocycles. The number of carbonyl (C=O) groups is 1. The van der Waals surface area contributed by atoms with Gasteiger partial charge in [-0.3, -0.25) is 0 Å². The molecule has 160 valence electrons. The fourth-order valence-electron chi connectivity index (χ4n) is 3.03. The van der Waals surface area contributed by atoms with Gasteiger partial charge in [-0.1, -0.05) is 30.9 Å². The fraction of sp³-hybridized carbons (Fsp3) is 0.333. The number of hydrogen-bond donors (Lipinski definition) is 0. The SMILES string of the molecule is C=CCOc1ccccc1COC(=O)N1CCN(c2cc(C(F)(F)F)ccn2)CC1. The summed E-state index contributed by atoms with van der Waals surface area (Å²) in [6.45, 7) is 5.38. The van der Waals surface area contributed by atoms with Crippen LogP contribution in [0.1, 0.15) is 11.1 Å². The van der Waals surface area contributed by atoms with Crippen LogP contribution in [0.4, 0.5) is 23.8 Å². The highest BCUT2D eigenvalue weighted by atomic mass is 19.4. The molecule has 1 aliphatic rings. The standard InChI is InChI=1S/C21H22F3N3O3/c1-2-13-29-18-6-4-3-5-16(18)15-30-20(28)27-11-9-26(10-12-27)19-14-17(7-8-25-19)21(22,23)24/h2-8,14H,1,9-13,15H2. The summed E-state index contributed by atoms with van der Waals surface area (Å²) >= 11 is 0. The van der Waals surface area contributed by atoms with Crippen LogP contribution in [-0.2, 0) is 17.5 Å². The third-order valence-electron chi connectivity index (χ3n) is 4.62. The molecule has 0 saturated carbocycles. The number of carbonyl (C=O) groups excluding carboxylic acids is 1. The van der Waals surface area contributed by atoms with Gasteiger partial charge in [0.05, 0.1) is 5.56 Å². The first kappa shape index (κ1) is 21.5. The molecule has 9 heteroatoms. The molecule has 0 radical (unpaired) electrons. The Morgan fingerprint density at radius 3 is 2.60 bits per heavy atom. The van der Waals surface area contributed by atoms with Crippen molar-refractivity contribution in [3.63, 3.8) is 0 Å². The number of nitrogens with zero attached hydrogens (tertiary/aromatic N) is 3. The van der Waals surface area contributed by atoms with Gasteiger partial charge in [-0.15, -0.1) is 0 Å². The van der Waals surface area contributed by atoms with E-state index in [9.17, 15) is 18.0 Å². The lowest BCUT2D eigenvalue weighted by Gasteiger charge is -2.35. The molecule has 0 bridgehead atoms. The largest absolute Gasteiger partial charge is 0.489 e. The van der Waals surface area contributed by atoms with Crippen LogP contribution in [0.5, 0.6) is 5.75 Å². The van der Waals surface area contributed by atoms with E-state index in [1.807, 2.05) is 18.2 Å². The van der Waals surface area contributed by atoms with Crippen LogP contribution in [0.2, 0.25) is 0 Å². The molecular weight excluding hydrogens is 399 g/mol. The number of benzene rings is 1. The first-order chi connectivity index (χ1) is 14.4. The van der Waals surface area contributed by atoms with Crippen LogP contribution >= 0.6 is 0 Å². The quantitative estimate of drug-likeness (QED) is 0.657. The van der Waals surface area contributed by atoms with E-state index in [1.54, 1.807) is 17.0 Å². The number of aromatic nitrogens is 1. The van der Waals surface area contributed by atoms with E-state index >= 15 is 0 Å². The van der Waals surface area contributed by atoms with Gasteiger partial charge in [0, 0.05) is 37.9 Å². The molecule has 30 heavy (non-hydrogen) atoms. The summed E-state index contributed by atoms with van der Waals surface area (Å²) in [5.41, 5.74) is -0.00817. The lowest BCUT2D eigenvalue weighted by Crippen LogP contribution is -2.49. The van der Waals surface area contributed by atoms with Crippen molar-refractivity contribution in [1.29, 1.82) is 0 Å². The lowest BCUT2D eigenvalue weighted by molar-refractivity contribution is -0.137. The van der Waals surface area contributed by atoms with Crippen LogP contribution in [0.15, 0.2) is 55.3 Å². The zero-order valence-electron chi connectivity index (χ0n) is 16.3. The average molecular weight is 421 g/mol. The number of rotatable bonds is 6. The normalized spacial score (nSPS) is 14.4. The van der Waals surface area contributed by atoms with Gasteiger partial charge in [-0.2, -0.15) is 13.2 Å². The molecule has 1 amide bonds. The molecule has 1 aromatic carbocycles. The Morgan fingerprint density at radius 2 is 1.90 bits per heavy atom. The summed E-state index contributed by atoms with van der Waals surface area (Å²) < 4.78 is 49.6. The van der Waals surface area contributed by atoms with E-state index in [-0.39, 0.29) is 12.4 Å². The van der Waals surface area contributed by atoms with Gasteiger partial charge < -0.3 is 19.3 Å². The molecule has 0 spiro atoms. The van der Waals surface area contributed by atoms with Gasteiger partial charge in [0.15, 0.2) is 0 Å². The monoisotopic (exact) mass is 421 g/mol. The number of anilines is 1. The zero-order valence-corrected chi connectivity index (χ0v) is 16.3. The number of ether oxygens (including phenoxy) is 2. The molecule has 6 nitrogen and oxygen atoms in total. The summed E-state index contributed by atoms with van der Waals surface area (Å²) in [5, 5.41) is 0. The molecule has 1 fully saturated rings. The predicted octanol–water partition coefficient (Wildman–Crippen LogP) is 4.12. The molecule has 0 unspecified atom stereocenters. The van der Waals surface area contributed by atoms with Crippen molar-refractivity contribution in [3.8, 4) is 5.75 Å². The minimum absolute atomic E-state index is 0.0571. The smallest absolute Gasteiger partial charge is 0.416 e. The Kier molecular flexibility index (Phi) is 6.81.